The molecule has 2 fully saturated rings. The molecule has 0 aliphatic carbocycles. The van der Waals surface area contributed by atoms with E-state index in [2.05, 4.69) is 41.2 Å². The van der Waals surface area contributed by atoms with Crippen molar-refractivity contribution in [3.63, 3.8) is 0 Å². The summed E-state index contributed by atoms with van der Waals surface area (Å²) in [6.07, 6.45) is 0.497. The van der Waals surface area contributed by atoms with E-state index in [4.69, 9.17) is 4.99 Å². The molecule has 0 radical (unpaired) electrons. The highest BCUT2D eigenvalue weighted by Crippen LogP contribution is 2.21. The van der Waals surface area contributed by atoms with Crippen LogP contribution in [0, 0.1) is 5.92 Å². The van der Waals surface area contributed by atoms with Crippen molar-refractivity contribution in [2.24, 2.45) is 10.9 Å². The maximum atomic E-state index is 12.5. The van der Waals surface area contributed by atoms with E-state index in [-0.39, 0.29) is 35.9 Å². The Bertz CT molecular complexity index is 693. The van der Waals surface area contributed by atoms with Crippen LogP contribution in [0.2, 0.25) is 0 Å². The summed E-state index contributed by atoms with van der Waals surface area (Å²) in [5, 5.41) is 6.82. The molecule has 1 amide bonds. The van der Waals surface area contributed by atoms with Crippen molar-refractivity contribution < 1.29 is 4.79 Å². The molecule has 0 bridgehead atoms. The molecule has 0 aromatic heterocycles. The van der Waals surface area contributed by atoms with Crippen LogP contribution in [0.3, 0.4) is 0 Å². The Labute approximate surface area is 204 Å². The molecule has 0 spiro atoms. The molecule has 7 nitrogen and oxygen atoms in total. The average molecular weight is 543 g/mol. The Morgan fingerprint density at radius 3 is 2.45 bits per heavy atom. The number of carbonyl (C=O) groups is 1. The number of para-hydroxylation sites is 1. The number of nitrogens with zero attached hydrogens (tertiary/aromatic N) is 4. The smallest absolute Gasteiger partial charge is 0.229 e. The average Bonchev–Trinajstić information content (AvgIpc) is 3.13. The van der Waals surface area contributed by atoms with E-state index < -0.39 is 0 Å². The molecule has 0 saturated carbocycles. The number of hydrogen-bond donors (Lipinski definition) is 2. The Kier molecular flexibility index (Phi) is 11.0. The Hall–Kier alpha value is -1.39. The van der Waals surface area contributed by atoms with Crippen LogP contribution < -0.4 is 15.5 Å². The first-order valence-corrected chi connectivity index (χ1v) is 11.4. The zero-order chi connectivity index (χ0) is 21.3. The molecule has 2 aliphatic heterocycles. The number of guanidine groups is 1. The van der Waals surface area contributed by atoms with Gasteiger partial charge in [-0.1, -0.05) is 32.0 Å². The third-order valence-corrected chi connectivity index (χ3v) is 5.92. The van der Waals surface area contributed by atoms with Gasteiger partial charge in [0.15, 0.2) is 5.96 Å². The molecule has 2 N–H and O–H groups in total. The third-order valence-electron chi connectivity index (χ3n) is 5.92. The number of anilines is 1. The van der Waals surface area contributed by atoms with Gasteiger partial charge in [0.2, 0.25) is 5.91 Å². The lowest BCUT2D eigenvalue weighted by Gasteiger charge is -2.35. The number of amides is 1. The SMILES string of the molecule is CCNC(=NCC(C)CN1CCN(CC)CC1)NC1CC(=O)N(c2ccccc2)C1.I. The second-order valence-corrected chi connectivity index (χ2v) is 8.44. The maximum absolute atomic E-state index is 12.5. The van der Waals surface area contributed by atoms with Gasteiger partial charge in [0.25, 0.3) is 0 Å². The standard InChI is InChI=1S/C23H38N6O.HI/c1-4-24-23(25-16-19(3)17-28-13-11-27(5-2)12-14-28)26-20-15-22(30)29(18-20)21-9-7-6-8-10-21;/h6-10,19-20H,4-5,11-18H2,1-3H3,(H2,24,25,26);1H. The number of hydrogen-bond acceptors (Lipinski definition) is 4. The Morgan fingerprint density at radius 1 is 1.13 bits per heavy atom. The van der Waals surface area contributed by atoms with Crippen LogP contribution in [0.25, 0.3) is 0 Å². The second-order valence-electron chi connectivity index (χ2n) is 8.44. The fourth-order valence-corrected chi connectivity index (χ4v) is 4.21. The van der Waals surface area contributed by atoms with Crippen LogP contribution in [0.4, 0.5) is 5.69 Å². The van der Waals surface area contributed by atoms with E-state index in [1.807, 2.05) is 35.2 Å². The highest BCUT2D eigenvalue weighted by Gasteiger charge is 2.31. The van der Waals surface area contributed by atoms with Crippen molar-refractivity contribution in [3.8, 4) is 0 Å². The van der Waals surface area contributed by atoms with Crippen molar-refractivity contribution in [1.29, 1.82) is 0 Å². The van der Waals surface area contributed by atoms with Crippen molar-refractivity contribution in [3.05, 3.63) is 30.3 Å². The summed E-state index contributed by atoms with van der Waals surface area (Å²) in [6.45, 7) is 15.7. The Morgan fingerprint density at radius 2 is 1.81 bits per heavy atom. The predicted octanol–water partition coefficient (Wildman–Crippen LogP) is 2.24. The molecular weight excluding hydrogens is 503 g/mol. The highest BCUT2D eigenvalue weighted by atomic mass is 127. The maximum Gasteiger partial charge on any atom is 0.229 e. The van der Waals surface area contributed by atoms with Gasteiger partial charge >= 0.3 is 0 Å². The van der Waals surface area contributed by atoms with Crippen LogP contribution in [0.15, 0.2) is 35.3 Å². The van der Waals surface area contributed by atoms with Crippen molar-refractivity contribution in [2.75, 3.05) is 63.8 Å². The van der Waals surface area contributed by atoms with Crippen molar-refractivity contribution in [1.82, 2.24) is 20.4 Å². The lowest BCUT2D eigenvalue weighted by Crippen LogP contribution is -2.47. The van der Waals surface area contributed by atoms with Crippen molar-refractivity contribution in [2.45, 2.75) is 33.2 Å². The molecule has 3 rings (SSSR count). The largest absolute Gasteiger partial charge is 0.357 e. The monoisotopic (exact) mass is 542 g/mol. The topological polar surface area (TPSA) is 63.2 Å². The summed E-state index contributed by atoms with van der Waals surface area (Å²) in [7, 11) is 0. The van der Waals surface area contributed by atoms with E-state index in [0.29, 0.717) is 18.9 Å². The predicted molar refractivity (Wildman–Crippen MR) is 139 cm³/mol. The third kappa shape index (κ3) is 7.91. The summed E-state index contributed by atoms with van der Waals surface area (Å²) in [5.74, 6) is 1.47. The van der Waals surface area contributed by atoms with E-state index in [1.165, 1.54) is 13.1 Å². The first-order chi connectivity index (χ1) is 14.6. The van der Waals surface area contributed by atoms with Crippen LogP contribution in [-0.2, 0) is 4.79 Å². The molecule has 2 saturated heterocycles. The van der Waals surface area contributed by atoms with Crippen molar-refractivity contribution >= 4 is 41.5 Å². The summed E-state index contributed by atoms with van der Waals surface area (Å²) in [5.41, 5.74) is 0.963. The number of carbonyl (C=O) groups excluding carboxylic acids is 1. The number of piperazine rings is 1. The molecule has 31 heavy (non-hydrogen) atoms. The minimum atomic E-state index is 0. The van der Waals surface area contributed by atoms with E-state index in [1.54, 1.807) is 0 Å². The number of aliphatic imine (C=N–C) groups is 1. The molecule has 174 valence electrons. The molecule has 2 aliphatic rings. The fraction of sp³-hybridized carbons (Fsp3) is 0.652. The van der Waals surface area contributed by atoms with Gasteiger partial charge in [-0.25, -0.2) is 0 Å². The van der Waals surface area contributed by atoms with E-state index >= 15 is 0 Å². The summed E-state index contributed by atoms with van der Waals surface area (Å²) in [6, 6.07) is 9.97. The minimum Gasteiger partial charge on any atom is -0.357 e. The molecule has 2 atom stereocenters. The summed E-state index contributed by atoms with van der Waals surface area (Å²) < 4.78 is 0. The van der Waals surface area contributed by atoms with E-state index in [9.17, 15) is 4.79 Å². The fourth-order valence-electron chi connectivity index (χ4n) is 4.21. The summed E-state index contributed by atoms with van der Waals surface area (Å²) in [4.78, 5) is 24.2. The minimum absolute atomic E-state index is 0. The zero-order valence-electron chi connectivity index (χ0n) is 19.2. The summed E-state index contributed by atoms with van der Waals surface area (Å²) >= 11 is 0. The van der Waals surface area contributed by atoms with Crippen LogP contribution in [0.1, 0.15) is 27.2 Å². The van der Waals surface area contributed by atoms with E-state index in [0.717, 1.165) is 50.9 Å². The van der Waals surface area contributed by atoms with Gasteiger partial charge in [-0.05, 0) is 31.5 Å². The molecule has 1 aromatic rings. The van der Waals surface area contributed by atoms with Gasteiger partial charge in [-0.2, -0.15) is 0 Å². The van der Waals surface area contributed by atoms with Crippen LogP contribution in [0.5, 0.6) is 0 Å². The van der Waals surface area contributed by atoms with Crippen LogP contribution >= 0.6 is 24.0 Å². The molecule has 1 aromatic carbocycles. The van der Waals surface area contributed by atoms with Gasteiger partial charge in [0.1, 0.15) is 0 Å². The van der Waals surface area contributed by atoms with Gasteiger partial charge in [0, 0.05) is 64.5 Å². The quantitative estimate of drug-likeness (QED) is 0.300. The second kappa shape index (κ2) is 13.2. The number of benzene rings is 1. The number of nitrogens with one attached hydrogen (secondary N) is 2. The van der Waals surface area contributed by atoms with Gasteiger partial charge in [0.05, 0.1) is 6.04 Å². The lowest BCUT2D eigenvalue weighted by molar-refractivity contribution is -0.117. The van der Waals surface area contributed by atoms with Crippen LogP contribution in [-0.4, -0.2) is 86.6 Å². The normalized spacial score (nSPS) is 21.6. The van der Waals surface area contributed by atoms with Gasteiger partial charge in [-0.3, -0.25) is 9.79 Å². The Balaban J connectivity index is 0.00000341. The lowest BCUT2D eigenvalue weighted by atomic mass is 10.1. The number of likely N-dealkylation sites (N-methyl/N-ethyl adjacent to an activating group) is 1. The molecular formula is C23H39IN6O. The van der Waals surface area contributed by atoms with Gasteiger partial charge in [-0.15, -0.1) is 24.0 Å². The van der Waals surface area contributed by atoms with Gasteiger partial charge < -0.3 is 25.3 Å². The number of halogens is 1. The zero-order valence-corrected chi connectivity index (χ0v) is 21.5. The first kappa shape index (κ1) is 25.9. The molecule has 2 heterocycles. The molecule has 8 heteroatoms. The number of rotatable bonds is 8. The highest BCUT2D eigenvalue weighted by molar-refractivity contribution is 14.0. The molecule has 2 unspecified atom stereocenters. The first-order valence-electron chi connectivity index (χ1n) is 11.4.